The van der Waals surface area contributed by atoms with Gasteiger partial charge in [0.15, 0.2) is 0 Å². The number of fused-ring (bicyclic) bond motifs is 1. The molecule has 0 aliphatic carbocycles. The van der Waals surface area contributed by atoms with Crippen molar-refractivity contribution >= 4 is 5.69 Å². The molecule has 0 amide bonds. The van der Waals surface area contributed by atoms with E-state index in [1.165, 1.54) is 5.56 Å². The molecule has 1 saturated heterocycles. The summed E-state index contributed by atoms with van der Waals surface area (Å²) in [5, 5.41) is 8.23. The molecular weight excluding hydrogens is 558 g/mol. The summed E-state index contributed by atoms with van der Waals surface area (Å²) in [6.45, 7) is 8.19. The molecule has 1 N–H and O–H groups in total. The highest BCUT2D eigenvalue weighted by Gasteiger charge is 2.33. The molecule has 2 aliphatic heterocycles. The lowest BCUT2D eigenvalue weighted by Gasteiger charge is -2.38. The van der Waals surface area contributed by atoms with Gasteiger partial charge in [-0.1, -0.05) is 25.1 Å². The fraction of sp³-hybridized carbons (Fsp3) is 0.588. The first-order valence-electron chi connectivity index (χ1n) is 16.1. The Kier molecular flexibility index (Phi) is 12.3. The molecule has 10 heteroatoms. The first-order valence-corrected chi connectivity index (χ1v) is 16.1. The molecule has 3 heterocycles. The largest absolute Gasteiger partial charge is 0.494 e. The first kappa shape index (κ1) is 32.2. The standard InChI is InChI=1S/C34H49N5O5/c1-4-29(39-25-35-24-37-39)20-28-21-31(27-8-10-30(11-9-27)42-17-6-16-41-3)34(22-36-28)44-23-26-7-12-33-32(19-26)38(14-18-43-33)13-5-15-40-2/h7-12,19,24-25,28-29,31,34,36H,4-6,13-18,20-23H2,1-3H3/t28-,29+,31+,34-/m0/s1. The van der Waals surface area contributed by atoms with Gasteiger partial charge < -0.3 is 33.9 Å². The summed E-state index contributed by atoms with van der Waals surface area (Å²) in [5.74, 6) is 2.08. The zero-order valence-corrected chi connectivity index (χ0v) is 26.5. The van der Waals surface area contributed by atoms with Crippen LogP contribution in [0.4, 0.5) is 5.69 Å². The Morgan fingerprint density at radius 2 is 1.89 bits per heavy atom. The summed E-state index contributed by atoms with van der Waals surface area (Å²) in [5.41, 5.74) is 3.58. The maximum absolute atomic E-state index is 6.72. The van der Waals surface area contributed by atoms with Gasteiger partial charge in [0, 0.05) is 58.9 Å². The van der Waals surface area contributed by atoms with E-state index in [2.05, 4.69) is 69.7 Å². The normalized spacial score (nSPS) is 20.6. The minimum absolute atomic E-state index is 0.0382. The Bertz CT molecular complexity index is 1240. The molecule has 0 spiro atoms. The van der Waals surface area contributed by atoms with Crippen LogP contribution in [-0.2, 0) is 20.8 Å². The fourth-order valence-corrected chi connectivity index (χ4v) is 6.32. The van der Waals surface area contributed by atoms with E-state index in [0.717, 1.165) is 81.1 Å². The molecule has 2 aromatic carbocycles. The summed E-state index contributed by atoms with van der Waals surface area (Å²) in [6.07, 6.45) is 8.32. The van der Waals surface area contributed by atoms with E-state index in [4.69, 9.17) is 23.7 Å². The van der Waals surface area contributed by atoms with Crippen LogP contribution in [0.2, 0.25) is 0 Å². The molecule has 0 unspecified atom stereocenters. The Labute approximate surface area is 262 Å². The van der Waals surface area contributed by atoms with Crippen molar-refractivity contribution in [1.29, 1.82) is 0 Å². The van der Waals surface area contributed by atoms with Gasteiger partial charge in [0.2, 0.25) is 0 Å². The summed E-state index contributed by atoms with van der Waals surface area (Å²) in [6, 6.07) is 15.7. The predicted octanol–water partition coefficient (Wildman–Crippen LogP) is 5.00. The SMILES string of the molecule is CC[C@H](C[C@H]1C[C@H](c2ccc(OCCCOC)cc2)[C@@H](OCc2ccc3c(c2)N(CCCOC)CCO3)CN1)n1cncn1. The highest BCUT2D eigenvalue weighted by molar-refractivity contribution is 5.61. The smallest absolute Gasteiger partial charge is 0.142 e. The number of ether oxygens (including phenoxy) is 5. The van der Waals surface area contributed by atoms with Crippen molar-refractivity contribution in [3.05, 3.63) is 66.2 Å². The predicted molar refractivity (Wildman–Crippen MR) is 171 cm³/mol. The quantitative estimate of drug-likeness (QED) is 0.213. The molecule has 44 heavy (non-hydrogen) atoms. The minimum atomic E-state index is 0.0382. The van der Waals surface area contributed by atoms with Gasteiger partial charge in [-0.05, 0) is 61.1 Å². The van der Waals surface area contributed by atoms with Gasteiger partial charge in [-0.3, -0.25) is 0 Å². The molecule has 3 aromatic rings. The molecule has 1 aromatic heterocycles. The number of hydrogen-bond acceptors (Lipinski definition) is 9. The number of hydrogen-bond donors (Lipinski definition) is 1. The molecule has 0 radical (unpaired) electrons. The van der Waals surface area contributed by atoms with Crippen molar-refractivity contribution in [3.63, 3.8) is 0 Å². The minimum Gasteiger partial charge on any atom is -0.494 e. The molecule has 240 valence electrons. The second-order valence-electron chi connectivity index (χ2n) is 11.7. The lowest BCUT2D eigenvalue weighted by molar-refractivity contribution is 0.00102. The highest BCUT2D eigenvalue weighted by Crippen LogP contribution is 2.36. The van der Waals surface area contributed by atoms with Gasteiger partial charge in [0.05, 0.1) is 37.6 Å². The van der Waals surface area contributed by atoms with Crippen molar-refractivity contribution < 1.29 is 23.7 Å². The van der Waals surface area contributed by atoms with Crippen LogP contribution < -0.4 is 19.7 Å². The Balaban J connectivity index is 1.27. The molecule has 5 rings (SSSR count). The highest BCUT2D eigenvalue weighted by atomic mass is 16.5. The molecule has 1 fully saturated rings. The fourth-order valence-electron chi connectivity index (χ4n) is 6.32. The van der Waals surface area contributed by atoms with Crippen molar-refractivity contribution in [2.24, 2.45) is 0 Å². The molecule has 0 bridgehead atoms. The summed E-state index contributed by atoms with van der Waals surface area (Å²) < 4.78 is 31.0. The van der Waals surface area contributed by atoms with Crippen LogP contribution in [-0.4, -0.2) is 87.2 Å². The van der Waals surface area contributed by atoms with Gasteiger partial charge in [-0.15, -0.1) is 0 Å². The third-order valence-electron chi connectivity index (χ3n) is 8.73. The molecule has 0 saturated carbocycles. The van der Waals surface area contributed by atoms with Crippen LogP contribution in [0.5, 0.6) is 11.5 Å². The van der Waals surface area contributed by atoms with Crippen LogP contribution in [0.3, 0.4) is 0 Å². The third-order valence-corrected chi connectivity index (χ3v) is 8.73. The Morgan fingerprint density at radius 3 is 2.66 bits per heavy atom. The van der Waals surface area contributed by atoms with Crippen molar-refractivity contribution in [3.8, 4) is 11.5 Å². The van der Waals surface area contributed by atoms with E-state index < -0.39 is 0 Å². The third kappa shape index (κ3) is 8.72. The number of nitrogens with zero attached hydrogens (tertiary/aromatic N) is 4. The second kappa shape index (κ2) is 16.8. The van der Waals surface area contributed by atoms with E-state index in [0.29, 0.717) is 38.5 Å². The van der Waals surface area contributed by atoms with Gasteiger partial charge in [0.25, 0.3) is 0 Å². The number of anilines is 1. The van der Waals surface area contributed by atoms with Crippen molar-refractivity contribution in [2.75, 3.05) is 65.2 Å². The summed E-state index contributed by atoms with van der Waals surface area (Å²) >= 11 is 0. The average Bonchev–Trinajstić information content (AvgIpc) is 3.60. The van der Waals surface area contributed by atoms with E-state index in [9.17, 15) is 0 Å². The van der Waals surface area contributed by atoms with E-state index in [1.807, 2.05) is 11.0 Å². The van der Waals surface area contributed by atoms with E-state index >= 15 is 0 Å². The number of rotatable bonds is 17. The Hall–Kier alpha value is -3.18. The zero-order valence-electron chi connectivity index (χ0n) is 26.5. The number of benzene rings is 2. The van der Waals surface area contributed by atoms with Crippen molar-refractivity contribution in [1.82, 2.24) is 20.1 Å². The maximum Gasteiger partial charge on any atom is 0.142 e. The summed E-state index contributed by atoms with van der Waals surface area (Å²) in [7, 11) is 3.47. The van der Waals surface area contributed by atoms with Crippen molar-refractivity contribution in [2.45, 2.75) is 69.7 Å². The summed E-state index contributed by atoms with van der Waals surface area (Å²) in [4.78, 5) is 6.58. The maximum atomic E-state index is 6.72. The number of aromatic nitrogens is 3. The molecular formula is C34H49N5O5. The van der Waals surface area contributed by atoms with Crippen LogP contribution in [0.1, 0.15) is 62.1 Å². The van der Waals surface area contributed by atoms with Crippen LogP contribution in [0.25, 0.3) is 0 Å². The van der Waals surface area contributed by atoms with E-state index in [1.54, 1.807) is 20.5 Å². The number of nitrogens with one attached hydrogen (secondary N) is 1. The lowest BCUT2D eigenvalue weighted by Crippen LogP contribution is -2.47. The van der Waals surface area contributed by atoms with E-state index in [-0.39, 0.29) is 12.0 Å². The molecule has 10 nitrogen and oxygen atoms in total. The average molecular weight is 608 g/mol. The van der Waals surface area contributed by atoms with Crippen LogP contribution in [0, 0.1) is 0 Å². The molecule has 2 aliphatic rings. The second-order valence-corrected chi connectivity index (χ2v) is 11.7. The van der Waals surface area contributed by atoms with Gasteiger partial charge >= 0.3 is 0 Å². The number of piperidine rings is 1. The number of methoxy groups -OCH3 is 2. The topological polar surface area (TPSA) is 92.1 Å². The van der Waals surface area contributed by atoms with Crippen LogP contribution >= 0.6 is 0 Å². The van der Waals surface area contributed by atoms with Crippen LogP contribution in [0.15, 0.2) is 55.1 Å². The zero-order chi connectivity index (χ0) is 30.6. The van der Waals surface area contributed by atoms with Gasteiger partial charge in [0.1, 0.15) is 30.8 Å². The Morgan fingerprint density at radius 1 is 1.05 bits per heavy atom. The molecule has 4 atom stereocenters. The van der Waals surface area contributed by atoms with Gasteiger partial charge in [-0.25, -0.2) is 9.67 Å². The first-order chi connectivity index (χ1) is 21.7. The monoisotopic (exact) mass is 607 g/mol. The van der Waals surface area contributed by atoms with Gasteiger partial charge in [-0.2, -0.15) is 5.10 Å². The lowest BCUT2D eigenvalue weighted by atomic mass is 9.82.